The number of benzene rings is 1. The molecule has 1 heterocycles. The summed E-state index contributed by atoms with van der Waals surface area (Å²) in [5.41, 5.74) is 2.93. The lowest BCUT2D eigenvalue weighted by Crippen LogP contribution is -2.20. The van der Waals surface area contributed by atoms with Crippen molar-refractivity contribution in [2.75, 3.05) is 11.9 Å². The van der Waals surface area contributed by atoms with Crippen LogP contribution in [0.25, 0.3) is 0 Å². The topological polar surface area (TPSA) is 62.1 Å². The maximum Gasteiger partial charge on any atom is 0.262 e. The maximum absolute atomic E-state index is 12.2. The monoisotopic (exact) mass is 354 g/mol. The molecule has 5 heteroatoms. The summed E-state index contributed by atoms with van der Waals surface area (Å²) in [4.78, 5) is 13.5. The lowest BCUT2D eigenvalue weighted by molar-refractivity contribution is -0.118. The molecule has 0 radical (unpaired) electrons. The van der Waals surface area contributed by atoms with Crippen molar-refractivity contribution in [2.24, 2.45) is 5.92 Å². The summed E-state index contributed by atoms with van der Waals surface area (Å²) < 4.78 is 5.58. The zero-order valence-electron chi connectivity index (χ0n) is 14.6. The van der Waals surface area contributed by atoms with E-state index in [9.17, 15) is 10.1 Å². The van der Waals surface area contributed by atoms with Gasteiger partial charge in [-0.3, -0.25) is 4.79 Å². The van der Waals surface area contributed by atoms with Gasteiger partial charge in [0.05, 0.1) is 5.56 Å². The zero-order valence-corrected chi connectivity index (χ0v) is 15.4. The lowest BCUT2D eigenvalue weighted by Gasteiger charge is -2.17. The van der Waals surface area contributed by atoms with Gasteiger partial charge in [-0.1, -0.05) is 26.0 Å². The van der Waals surface area contributed by atoms with Crippen molar-refractivity contribution in [1.82, 2.24) is 0 Å². The van der Waals surface area contributed by atoms with E-state index in [0.717, 1.165) is 31.2 Å². The molecule has 1 N–H and O–H groups in total. The Kier molecular flexibility index (Phi) is 5.40. The van der Waals surface area contributed by atoms with Crippen molar-refractivity contribution in [1.29, 1.82) is 5.26 Å². The molecular weight excluding hydrogens is 332 g/mol. The molecule has 1 aromatic heterocycles. The van der Waals surface area contributed by atoms with Crippen LogP contribution in [0.15, 0.2) is 24.3 Å². The molecule has 0 saturated carbocycles. The SMILES string of the molecule is CCc1cccc(OCC(=O)Nc2sc3c(c2C#N)CCC(C)C3)c1. The Labute approximate surface area is 152 Å². The maximum atomic E-state index is 12.2. The van der Waals surface area contributed by atoms with Crippen LogP contribution >= 0.6 is 11.3 Å². The fraction of sp³-hybridized carbons (Fsp3) is 0.400. The quantitative estimate of drug-likeness (QED) is 0.869. The van der Waals surface area contributed by atoms with Crippen molar-refractivity contribution in [3.05, 3.63) is 45.8 Å². The molecule has 25 heavy (non-hydrogen) atoms. The summed E-state index contributed by atoms with van der Waals surface area (Å²) in [5.74, 6) is 1.09. The van der Waals surface area contributed by atoms with E-state index in [-0.39, 0.29) is 12.5 Å². The van der Waals surface area contributed by atoms with Gasteiger partial charge in [0.2, 0.25) is 0 Å². The normalized spacial score (nSPS) is 16.0. The molecule has 0 aliphatic heterocycles. The summed E-state index contributed by atoms with van der Waals surface area (Å²) in [5, 5.41) is 13.0. The molecule has 2 aromatic rings. The van der Waals surface area contributed by atoms with Crippen molar-refractivity contribution >= 4 is 22.2 Å². The van der Waals surface area contributed by atoms with Crippen LogP contribution in [0.5, 0.6) is 5.75 Å². The Morgan fingerprint density at radius 1 is 1.48 bits per heavy atom. The summed E-state index contributed by atoms with van der Waals surface area (Å²) in [6.07, 6.45) is 3.94. The first kappa shape index (κ1) is 17.5. The number of aryl methyl sites for hydroxylation is 1. The molecule has 0 saturated heterocycles. The number of nitriles is 1. The third kappa shape index (κ3) is 4.02. The second-order valence-corrected chi connectivity index (χ2v) is 7.61. The summed E-state index contributed by atoms with van der Waals surface area (Å²) >= 11 is 1.54. The highest BCUT2D eigenvalue weighted by molar-refractivity contribution is 7.16. The Bertz CT molecular complexity index is 820. The second kappa shape index (κ2) is 7.71. The van der Waals surface area contributed by atoms with E-state index >= 15 is 0 Å². The Morgan fingerprint density at radius 2 is 2.32 bits per heavy atom. The highest BCUT2D eigenvalue weighted by atomic mass is 32.1. The fourth-order valence-electron chi connectivity index (χ4n) is 3.12. The minimum Gasteiger partial charge on any atom is -0.484 e. The number of thiophene rings is 1. The average Bonchev–Trinajstić information content (AvgIpc) is 2.96. The van der Waals surface area contributed by atoms with Gasteiger partial charge in [0.25, 0.3) is 5.91 Å². The molecule has 4 nitrogen and oxygen atoms in total. The minimum absolute atomic E-state index is 0.0585. The number of amides is 1. The van der Waals surface area contributed by atoms with Crippen LogP contribution in [0.1, 0.15) is 41.8 Å². The first-order chi connectivity index (χ1) is 12.1. The summed E-state index contributed by atoms with van der Waals surface area (Å²) in [6.45, 7) is 4.25. The number of fused-ring (bicyclic) bond motifs is 1. The predicted molar refractivity (Wildman–Crippen MR) is 100 cm³/mol. The van der Waals surface area contributed by atoms with Gasteiger partial charge in [-0.2, -0.15) is 5.26 Å². The Balaban J connectivity index is 1.66. The largest absolute Gasteiger partial charge is 0.484 e. The number of hydrogen-bond acceptors (Lipinski definition) is 4. The number of anilines is 1. The molecule has 3 rings (SSSR count). The van der Waals surface area contributed by atoms with Crippen LogP contribution in [-0.2, 0) is 24.1 Å². The van der Waals surface area contributed by atoms with Crippen LogP contribution in [0.3, 0.4) is 0 Å². The van der Waals surface area contributed by atoms with Crippen molar-refractivity contribution in [2.45, 2.75) is 39.5 Å². The molecule has 1 aliphatic carbocycles. The molecule has 0 spiro atoms. The Hall–Kier alpha value is -2.32. The molecule has 1 amide bonds. The standard InChI is InChI=1S/C20H22N2O2S/c1-3-14-5-4-6-15(10-14)24-12-19(23)22-20-17(11-21)16-8-7-13(2)9-18(16)25-20/h4-6,10,13H,3,7-9,12H2,1-2H3,(H,22,23). The number of nitrogens with one attached hydrogen (secondary N) is 1. The van der Waals surface area contributed by atoms with E-state index in [0.29, 0.717) is 22.2 Å². The molecule has 1 aliphatic rings. The van der Waals surface area contributed by atoms with E-state index in [1.165, 1.54) is 21.8 Å². The van der Waals surface area contributed by atoms with E-state index in [1.54, 1.807) is 0 Å². The molecular formula is C20H22N2O2S. The second-order valence-electron chi connectivity index (χ2n) is 6.51. The first-order valence-electron chi connectivity index (χ1n) is 8.67. The van der Waals surface area contributed by atoms with Crippen LogP contribution < -0.4 is 10.1 Å². The fourth-order valence-corrected chi connectivity index (χ4v) is 4.50. The third-order valence-corrected chi connectivity index (χ3v) is 5.72. The smallest absolute Gasteiger partial charge is 0.262 e. The first-order valence-corrected chi connectivity index (χ1v) is 9.48. The van der Waals surface area contributed by atoms with E-state index in [4.69, 9.17) is 4.74 Å². The van der Waals surface area contributed by atoms with Gasteiger partial charge in [0, 0.05) is 4.88 Å². The number of rotatable bonds is 5. The van der Waals surface area contributed by atoms with Gasteiger partial charge in [0.15, 0.2) is 6.61 Å². The highest BCUT2D eigenvalue weighted by Crippen LogP contribution is 2.39. The molecule has 1 unspecified atom stereocenters. The number of hydrogen-bond donors (Lipinski definition) is 1. The Morgan fingerprint density at radius 3 is 3.08 bits per heavy atom. The molecule has 1 atom stereocenters. The van der Waals surface area contributed by atoms with Crippen LogP contribution in [0, 0.1) is 17.2 Å². The van der Waals surface area contributed by atoms with E-state index < -0.39 is 0 Å². The van der Waals surface area contributed by atoms with Gasteiger partial charge in [-0.15, -0.1) is 11.3 Å². The van der Waals surface area contributed by atoms with Gasteiger partial charge < -0.3 is 10.1 Å². The van der Waals surface area contributed by atoms with Gasteiger partial charge in [-0.05, 0) is 54.9 Å². The minimum atomic E-state index is -0.231. The zero-order chi connectivity index (χ0) is 17.8. The van der Waals surface area contributed by atoms with Crippen molar-refractivity contribution in [3.63, 3.8) is 0 Å². The summed E-state index contributed by atoms with van der Waals surface area (Å²) in [6, 6.07) is 10.0. The van der Waals surface area contributed by atoms with Gasteiger partial charge >= 0.3 is 0 Å². The number of nitrogens with zero attached hydrogens (tertiary/aromatic N) is 1. The third-order valence-electron chi connectivity index (χ3n) is 4.55. The van der Waals surface area contributed by atoms with E-state index in [1.807, 2.05) is 24.3 Å². The number of carbonyl (C=O) groups excluding carboxylic acids is 1. The predicted octanol–water partition coefficient (Wildman–Crippen LogP) is 4.32. The number of ether oxygens (including phenoxy) is 1. The van der Waals surface area contributed by atoms with Crippen molar-refractivity contribution < 1.29 is 9.53 Å². The van der Waals surface area contributed by atoms with E-state index in [2.05, 4.69) is 25.2 Å². The van der Waals surface area contributed by atoms with Gasteiger partial charge in [-0.25, -0.2) is 0 Å². The van der Waals surface area contributed by atoms with Crippen LogP contribution in [0.4, 0.5) is 5.00 Å². The van der Waals surface area contributed by atoms with Crippen LogP contribution in [0.2, 0.25) is 0 Å². The molecule has 0 fully saturated rings. The molecule has 0 bridgehead atoms. The van der Waals surface area contributed by atoms with Crippen molar-refractivity contribution in [3.8, 4) is 11.8 Å². The average molecular weight is 354 g/mol. The molecule has 1 aromatic carbocycles. The lowest BCUT2D eigenvalue weighted by atomic mass is 9.89. The van der Waals surface area contributed by atoms with Crippen LogP contribution in [-0.4, -0.2) is 12.5 Å². The highest BCUT2D eigenvalue weighted by Gasteiger charge is 2.24. The van der Waals surface area contributed by atoms with Gasteiger partial charge in [0.1, 0.15) is 16.8 Å². The molecule has 130 valence electrons. The number of carbonyl (C=O) groups is 1. The summed E-state index contributed by atoms with van der Waals surface area (Å²) in [7, 11) is 0.